The van der Waals surface area contributed by atoms with Crippen LogP contribution in [0.2, 0.25) is 0 Å². The van der Waals surface area contributed by atoms with Crippen molar-refractivity contribution < 1.29 is 28.8 Å². The van der Waals surface area contributed by atoms with Crippen molar-refractivity contribution in [1.29, 1.82) is 0 Å². The number of benzene rings is 2. The van der Waals surface area contributed by atoms with E-state index in [2.05, 4.69) is 0 Å². The molecule has 1 heterocycles. The highest BCUT2D eigenvalue weighted by Crippen LogP contribution is 2.41. The second kappa shape index (κ2) is 12.4. The van der Waals surface area contributed by atoms with Crippen LogP contribution in [-0.4, -0.2) is 72.0 Å². The van der Waals surface area contributed by atoms with Gasteiger partial charge in [-0.3, -0.25) is 4.79 Å². The highest BCUT2D eigenvalue weighted by molar-refractivity contribution is 5.99. The fraction of sp³-hybridized carbons (Fsp3) is 0.409. The van der Waals surface area contributed by atoms with E-state index in [0.29, 0.717) is 29.4 Å². The highest BCUT2D eigenvalue weighted by atomic mass is 16.5. The molecule has 0 radical (unpaired) electrons. The molecule has 1 aliphatic rings. The Morgan fingerprint density at radius 2 is 1.37 bits per heavy atom. The van der Waals surface area contributed by atoms with Gasteiger partial charge in [-0.05, 0) is 33.3 Å². The van der Waals surface area contributed by atoms with Crippen molar-refractivity contribution in [2.24, 2.45) is 0 Å². The number of carbonyl (C=O) groups excluding carboxylic acids is 1. The van der Waals surface area contributed by atoms with Gasteiger partial charge in [-0.25, -0.2) is 0 Å². The molecule has 1 fully saturated rings. The van der Waals surface area contributed by atoms with E-state index in [1.807, 2.05) is 26.0 Å². The molecule has 1 aliphatic heterocycles. The van der Waals surface area contributed by atoms with Crippen LogP contribution in [-0.2, 0) is 4.79 Å². The topological polar surface area (TPSA) is 80.7 Å². The molecule has 0 atom stereocenters. The molecule has 2 aromatic carbocycles. The summed E-state index contributed by atoms with van der Waals surface area (Å²) < 4.78 is 20.5. The first kappa shape index (κ1) is 24.9. The normalized spacial score (nSPS) is 12.0. The van der Waals surface area contributed by atoms with E-state index >= 15 is 0 Å². The van der Waals surface area contributed by atoms with Crippen molar-refractivity contribution in [3.8, 4) is 28.7 Å². The number of aromatic hydroxyl groups is 1. The zero-order valence-corrected chi connectivity index (χ0v) is 18.8. The second-order valence-electron chi connectivity index (χ2n) is 6.69. The predicted molar refractivity (Wildman–Crippen MR) is 117 cm³/mol. The van der Waals surface area contributed by atoms with Gasteiger partial charge in [0.25, 0.3) is 0 Å². The van der Waals surface area contributed by atoms with Gasteiger partial charge < -0.3 is 33.9 Å². The number of amides is 1. The van der Waals surface area contributed by atoms with Crippen molar-refractivity contribution >= 4 is 11.6 Å². The van der Waals surface area contributed by atoms with Gasteiger partial charge in [-0.15, -0.1) is 0 Å². The lowest BCUT2D eigenvalue weighted by Crippen LogP contribution is -2.43. The van der Waals surface area contributed by atoms with Crippen LogP contribution in [0.4, 0.5) is 5.69 Å². The smallest absolute Gasteiger partial charge is 0.228 e. The van der Waals surface area contributed by atoms with Gasteiger partial charge in [0.1, 0.15) is 0 Å². The van der Waals surface area contributed by atoms with Gasteiger partial charge in [0.2, 0.25) is 11.7 Å². The van der Waals surface area contributed by atoms with Crippen molar-refractivity contribution in [2.75, 3.05) is 61.0 Å². The molecule has 1 amide bonds. The highest BCUT2D eigenvalue weighted by Gasteiger charge is 2.27. The fourth-order valence-corrected chi connectivity index (χ4v) is 2.44. The van der Waals surface area contributed by atoms with Crippen molar-refractivity contribution in [2.45, 2.75) is 6.42 Å². The average Bonchev–Trinajstić information content (AvgIpc) is 2.72. The molecule has 3 rings (SSSR count). The molecular weight excluding hydrogens is 388 g/mol. The standard InChI is InChI=1S/C12H15NO4.C7H8O2.C3H9N/c1-15-9-6-8(13-5-4-11(13)14)7-10(16-2)12(9)17-3;1-9-7-5-3-2-4-6(7)8;1-4(2)3/h6-7H,4-5H2,1-3H3;2-5,8H,1H3;1-3H3. The zero-order chi connectivity index (χ0) is 22.7. The van der Waals surface area contributed by atoms with Gasteiger partial charge >= 0.3 is 0 Å². The number of hydrogen-bond acceptors (Lipinski definition) is 7. The first-order valence-corrected chi connectivity index (χ1v) is 9.32. The largest absolute Gasteiger partial charge is 0.504 e. The Labute approximate surface area is 178 Å². The number of ether oxygens (including phenoxy) is 4. The molecule has 8 nitrogen and oxygen atoms in total. The zero-order valence-electron chi connectivity index (χ0n) is 18.8. The summed E-state index contributed by atoms with van der Waals surface area (Å²) in [6.07, 6.45) is 0.594. The van der Waals surface area contributed by atoms with Gasteiger partial charge in [-0.1, -0.05) is 12.1 Å². The van der Waals surface area contributed by atoms with E-state index in [0.717, 1.165) is 12.2 Å². The molecule has 166 valence electrons. The van der Waals surface area contributed by atoms with Crippen LogP contribution < -0.4 is 23.8 Å². The van der Waals surface area contributed by atoms with E-state index in [1.54, 1.807) is 62.6 Å². The lowest BCUT2D eigenvalue weighted by Gasteiger charge is -2.31. The summed E-state index contributed by atoms with van der Waals surface area (Å²) >= 11 is 0. The van der Waals surface area contributed by atoms with E-state index in [9.17, 15) is 4.79 Å². The predicted octanol–water partition coefficient (Wildman–Crippen LogP) is 3.03. The van der Waals surface area contributed by atoms with E-state index in [4.69, 9.17) is 24.1 Å². The molecule has 30 heavy (non-hydrogen) atoms. The van der Waals surface area contributed by atoms with E-state index < -0.39 is 0 Å². The number of nitrogens with zero attached hydrogens (tertiary/aromatic N) is 2. The molecule has 1 saturated heterocycles. The lowest BCUT2D eigenvalue weighted by molar-refractivity contribution is -0.122. The van der Waals surface area contributed by atoms with Gasteiger partial charge in [0.05, 0.1) is 34.1 Å². The molecule has 0 aromatic heterocycles. The maximum atomic E-state index is 11.4. The SMILES string of the molecule is CN(C)C.COc1cc(N2CCC2=O)cc(OC)c1OC.COc1ccccc1O. The van der Waals surface area contributed by atoms with Crippen molar-refractivity contribution in [1.82, 2.24) is 4.90 Å². The van der Waals surface area contributed by atoms with Gasteiger partial charge in [0.15, 0.2) is 23.0 Å². The average molecular weight is 421 g/mol. The van der Waals surface area contributed by atoms with E-state index in [-0.39, 0.29) is 11.7 Å². The third-order valence-corrected chi connectivity index (χ3v) is 3.90. The maximum Gasteiger partial charge on any atom is 0.228 e. The molecule has 0 spiro atoms. The van der Waals surface area contributed by atoms with Crippen LogP contribution in [0.3, 0.4) is 0 Å². The van der Waals surface area contributed by atoms with Crippen molar-refractivity contribution in [3.05, 3.63) is 36.4 Å². The fourth-order valence-electron chi connectivity index (χ4n) is 2.44. The first-order chi connectivity index (χ1) is 14.3. The number of β-lactam (4-membered cyclic amide) rings is 1. The molecule has 2 aromatic rings. The summed E-state index contributed by atoms with van der Waals surface area (Å²) in [7, 11) is 12.2. The molecule has 0 aliphatic carbocycles. The lowest BCUT2D eigenvalue weighted by atomic mass is 10.1. The van der Waals surface area contributed by atoms with Crippen LogP contribution in [0.15, 0.2) is 36.4 Å². The molecule has 8 heteroatoms. The Morgan fingerprint density at radius 1 is 0.867 bits per heavy atom. The number of para-hydroxylation sites is 2. The summed E-state index contributed by atoms with van der Waals surface area (Å²) in [5.74, 6) is 2.45. The quantitative estimate of drug-likeness (QED) is 0.745. The van der Waals surface area contributed by atoms with E-state index in [1.165, 1.54) is 7.11 Å². The molecule has 0 saturated carbocycles. The van der Waals surface area contributed by atoms with Gasteiger partial charge in [0, 0.05) is 25.1 Å². The number of anilines is 1. The molecule has 0 bridgehead atoms. The Morgan fingerprint density at radius 3 is 1.67 bits per heavy atom. The Hall–Kier alpha value is -3.13. The number of phenolic OH excluding ortho intramolecular Hbond substituents is 1. The minimum Gasteiger partial charge on any atom is -0.504 e. The minimum absolute atomic E-state index is 0.110. The number of carbonyl (C=O) groups is 1. The van der Waals surface area contributed by atoms with Crippen LogP contribution in [0.5, 0.6) is 28.7 Å². The third-order valence-electron chi connectivity index (χ3n) is 3.90. The summed E-state index contributed by atoms with van der Waals surface area (Å²) in [5, 5.41) is 8.99. The number of phenols is 1. The summed E-state index contributed by atoms with van der Waals surface area (Å²) in [4.78, 5) is 15.1. The Balaban J connectivity index is 0.000000289. The number of rotatable bonds is 5. The van der Waals surface area contributed by atoms with Crippen LogP contribution >= 0.6 is 0 Å². The maximum absolute atomic E-state index is 11.4. The van der Waals surface area contributed by atoms with Crippen molar-refractivity contribution in [3.63, 3.8) is 0 Å². The summed E-state index contributed by atoms with van der Waals surface area (Å²) in [6.45, 7) is 0.734. The third kappa shape index (κ3) is 7.04. The monoisotopic (exact) mass is 420 g/mol. The minimum atomic E-state index is 0.110. The summed E-state index contributed by atoms with van der Waals surface area (Å²) in [6, 6.07) is 10.4. The molecule has 1 N–H and O–H groups in total. The van der Waals surface area contributed by atoms with Crippen LogP contribution in [0, 0.1) is 0 Å². The Bertz CT molecular complexity index is 782. The molecule has 0 unspecified atom stereocenters. The number of hydrogen-bond donors (Lipinski definition) is 1. The van der Waals surface area contributed by atoms with Gasteiger partial charge in [-0.2, -0.15) is 0 Å². The van der Waals surface area contributed by atoms with Crippen LogP contribution in [0.1, 0.15) is 6.42 Å². The Kier molecular flexibility index (Phi) is 10.3. The number of methoxy groups -OCH3 is 4. The summed E-state index contributed by atoms with van der Waals surface area (Å²) in [5.41, 5.74) is 0.774. The first-order valence-electron chi connectivity index (χ1n) is 9.32. The van der Waals surface area contributed by atoms with Crippen LogP contribution in [0.25, 0.3) is 0 Å². The molecular formula is C22H32N2O6. The second-order valence-corrected chi connectivity index (χ2v) is 6.69.